The number of aliphatic carboxylic acids is 1. The highest BCUT2D eigenvalue weighted by Gasteiger charge is 2.68. The molecule has 1 aromatic heterocycles. The highest BCUT2D eigenvalue weighted by molar-refractivity contribution is 7.86. The average Bonchev–Trinajstić information content (AvgIpc) is 3.56. The molecule has 1 N–H and O–H groups in total. The van der Waals surface area contributed by atoms with Crippen molar-refractivity contribution in [1.29, 1.82) is 0 Å². The highest BCUT2D eigenvalue weighted by Crippen LogP contribution is 2.57. The third-order valence-corrected chi connectivity index (χ3v) is 9.66. The van der Waals surface area contributed by atoms with Gasteiger partial charge in [0.2, 0.25) is 0 Å². The Balaban J connectivity index is 1.38. The molecule has 0 spiro atoms. The minimum atomic E-state index is -4.45. The molecule has 2 heterocycles. The van der Waals surface area contributed by atoms with Crippen molar-refractivity contribution in [3.63, 3.8) is 0 Å². The van der Waals surface area contributed by atoms with Gasteiger partial charge in [-0.3, -0.25) is 4.79 Å². The van der Waals surface area contributed by atoms with E-state index >= 15 is 0 Å². The average molecular weight is 580 g/mol. The van der Waals surface area contributed by atoms with E-state index in [1.54, 1.807) is 42.2 Å². The second-order valence-electron chi connectivity index (χ2n) is 9.86. The second kappa shape index (κ2) is 10.4. The molecular formula is C25H28F3N7O4S. The molecule has 1 aliphatic carbocycles. The van der Waals surface area contributed by atoms with Gasteiger partial charge in [0.15, 0.2) is 0 Å². The SMILES string of the molecule is Cc1nnnn1CCN(C1(C(=O)O)CC1c1ccccc1)S(=O)(=O)N1CCN(c2ccc(C(F)(F)F)cc2)CC1. The van der Waals surface area contributed by atoms with E-state index in [1.165, 1.54) is 21.1 Å². The van der Waals surface area contributed by atoms with Crippen LogP contribution in [0.15, 0.2) is 54.6 Å². The Morgan fingerprint density at radius 3 is 2.27 bits per heavy atom. The van der Waals surface area contributed by atoms with Gasteiger partial charge in [-0.15, -0.1) is 5.10 Å². The van der Waals surface area contributed by atoms with E-state index < -0.39 is 39.4 Å². The van der Waals surface area contributed by atoms with Crippen molar-refractivity contribution >= 4 is 21.9 Å². The van der Waals surface area contributed by atoms with Crippen molar-refractivity contribution in [2.45, 2.75) is 37.5 Å². The monoisotopic (exact) mass is 579 g/mol. The first kappa shape index (κ1) is 28.0. The molecule has 1 saturated carbocycles. The minimum absolute atomic E-state index is 0.0372. The number of rotatable bonds is 9. The fourth-order valence-corrected chi connectivity index (χ4v) is 7.20. The predicted octanol–water partition coefficient (Wildman–Crippen LogP) is 2.38. The molecule has 15 heteroatoms. The zero-order chi connectivity index (χ0) is 28.7. The Morgan fingerprint density at radius 1 is 1.07 bits per heavy atom. The van der Waals surface area contributed by atoms with Crippen LogP contribution in [-0.2, 0) is 27.7 Å². The summed E-state index contributed by atoms with van der Waals surface area (Å²) in [6.45, 7) is 2.09. The lowest BCUT2D eigenvalue weighted by atomic mass is 10.1. The van der Waals surface area contributed by atoms with Gasteiger partial charge in [-0.05, 0) is 53.6 Å². The lowest BCUT2D eigenvalue weighted by Gasteiger charge is -2.39. The molecule has 2 aromatic carbocycles. The summed E-state index contributed by atoms with van der Waals surface area (Å²) >= 11 is 0. The third kappa shape index (κ3) is 5.15. The van der Waals surface area contributed by atoms with Crippen molar-refractivity contribution in [2.24, 2.45) is 0 Å². The standard InChI is InChI=1S/C25H28F3N7O4S/c1-18-29-30-31-34(18)15-16-35(24(23(36)37)17-22(24)19-5-3-2-4-6-19)40(38,39)33-13-11-32(12-14-33)21-9-7-20(8-10-21)25(26,27)28/h2-10,22H,11-17H2,1H3,(H,36,37). The second-order valence-corrected chi connectivity index (χ2v) is 11.7. The topological polar surface area (TPSA) is 125 Å². The van der Waals surface area contributed by atoms with E-state index in [4.69, 9.17) is 0 Å². The van der Waals surface area contributed by atoms with Crippen LogP contribution in [0, 0.1) is 6.92 Å². The number of tetrazole rings is 1. The zero-order valence-corrected chi connectivity index (χ0v) is 22.4. The largest absolute Gasteiger partial charge is 0.480 e. The van der Waals surface area contributed by atoms with Crippen molar-refractivity contribution in [3.8, 4) is 0 Å². The van der Waals surface area contributed by atoms with Crippen molar-refractivity contribution in [3.05, 3.63) is 71.5 Å². The maximum Gasteiger partial charge on any atom is 0.416 e. The molecule has 0 bridgehead atoms. The lowest BCUT2D eigenvalue weighted by Crippen LogP contribution is -2.58. The van der Waals surface area contributed by atoms with Crippen LogP contribution in [0.25, 0.3) is 0 Å². The van der Waals surface area contributed by atoms with Crippen LogP contribution in [0.3, 0.4) is 0 Å². The van der Waals surface area contributed by atoms with Crippen LogP contribution >= 0.6 is 0 Å². The van der Waals surface area contributed by atoms with Crippen molar-refractivity contribution in [2.75, 3.05) is 37.6 Å². The zero-order valence-electron chi connectivity index (χ0n) is 21.6. The highest BCUT2D eigenvalue weighted by atomic mass is 32.2. The molecule has 1 aliphatic heterocycles. The summed E-state index contributed by atoms with van der Waals surface area (Å²) in [5, 5.41) is 21.7. The number of hydrogen-bond acceptors (Lipinski definition) is 7. The first-order valence-electron chi connectivity index (χ1n) is 12.7. The molecule has 0 amide bonds. The van der Waals surface area contributed by atoms with Crippen LogP contribution in [-0.4, -0.2) is 86.6 Å². The number of aryl methyl sites for hydroxylation is 1. The minimum Gasteiger partial charge on any atom is -0.480 e. The number of carboxylic acid groups (broad SMARTS) is 1. The molecule has 11 nitrogen and oxygen atoms in total. The van der Waals surface area contributed by atoms with Crippen LogP contribution < -0.4 is 4.90 Å². The summed E-state index contributed by atoms with van der Waals surface area (Å²) in [4.78, 5) is 14.5. The van der Waals surface area contributed by atoms with Crippen LogP contribution in [0.2, 0.25) is 0 Å². The Bertz CT molecular complexity index is 1460. The number of alkyl halides is 3. The summed E-state index contributed by atoms with van der Waals surface area (Å²) in [5.41, 5.74) is -1.16. The van der Waals surface area contributed by atoms with E-state index in [9.17, 15) is 31.5 Å². The first-order valence-corrected chi connectivity index (χ1v) is 14.1. The fourth-order valence-electron chi connectivity index (χ4n) is 5.29. The molecule has 5 rings (SSSR count). The van der Waals surface area contributed by atoms with Crippen molar-refractivity contribution < 1.29 is 31.5 Å². The van der Waals surface area contributed by atoms with Gasteiger partial charge in [-0.2, -0.15) is 30.2 Å². The Morgan fingerprint density at radius 2 is 1.73 bits per heavy atom. The number of hydrogen-bond donors (Lipinski definition) is 1. The molecule has 2 fully saturated rings. The molecule has 40 heavy (non-hydrogen) atoms. The number of aromatic nitrogens is 4. The number of piperazine rings is 1. The van der Waals surface area contributed by atoms with Gasteiger partial charge in [0.25, 0.3) is 10.2 Å². The van der Waals surface area contributed by atoms with E-state index in [1.807, 2.05) is 0 Å². The van der Waals surface area contributed by atoms with Crippen LogP contribution in [0.5, 0.6) is 0 Å². The molecule has 0 radical (unpaired) electrons. The fraction of sp³-hybridized carbons (Fsp3) is 0.440. The number of nitrogens with zero attached hydrogens (tertiary/aromatic N) is 7. The molecule has 2 atom stereocenters. The van der Waals surface area contributed by atoms with Gasteiger partial charge in [0, 0.05) is 44.3 Å². The number of carboxylic acids is 1. The third-order valence-electron chi connectivity index (χ3n) is 7.58. The summed E-state index contributed by atoms with van der Waals surface area (Å²) in [6.07, 6.45) is -4.33. The maximum atomic E-state index is 14.1. The Hall–Kier alpha value is -3.56. The number of benzene rings is 2. The maximum absolute atomic E-state index is 14.1. The summed E-state index contributed by atoms with van der Waals surface area (Å²) in [6, 6.07) is 13.7. The molecule has 3 aromatic rings. The van der Waals surface area contributed by atoms with Gasteiger partial charge >= 0.3 is 12.1 Å². The normalized spacial score (nSPS) is 22.0. The van der Waals surface area contributed by atoms with Crippen LogP contribution in [0.4, 0.5) is 18.9 Å². The van der Waals surface area contributed by atoms with E-state index in [-0.39, 0.29) is 45.7 Å². The summed E-state index contributed by atoms with van der Waals surface area (Å²) in [5.74, 6) is -1.31. The number of anilines is 1. The Kier molecular flexibility index (Phi) is 7.31. The van der Waals surface area contributed by atoms with Crippen molar-refractivity contribution in [1.82, 2.24) is 28.8 Å². The van der Waals surface area contributed by atoms with Gasteiger partial charge in [-0.1, -0.05) is 30.3 Å². The van der Waals surface area contributed by atoms with Crippen LogP contribution in [0.1, 0.15) is 29.3 Å². The molecule has 2 unspecified atom stereocenters. The molecule has 1 saturated heterocycles. The Labute approximate surface area is 229 Å². The molecular weight excluding hydrogens is 551 g/mol. The van der Waals surface area contributed by atoms with E-state index in [2.05, 4.69) is 15.5 Å². The van der Waals surface area contributed by atoms with Gasteiger partial charge in [-0.25, -0.2) is 4.68 Å². The molecule has 214 valence electrons. The first-order chi connectivity index (χ1) is 18.9. The van der Waals surface area contributed by atoms with E-state index in [0.717, 1.165) is 22.0 Å². The predicted molar refractivity (Wildman–Crippen MR) is 138 cm³/mol. The van der Waals surface area contributed by atoms with E-state index in [0.29, 0.717) is 11.5 Å². The smallest absolute Gasteiger partial charge is 0.416 e. The quantitative estimate of drug-likeness (QED) is 0.410. The summed E-state index contributed by atoms with van der Waals surface area (Å²) in [7, 11) is -4.27. The lowest BCUT2D eigenvalue weighted by molar-refractivity contribution is -0.143. The van der Waals surface area contributed by atoms with Gasteiger partial charge < -0.3 is 10.0 Å². The summed E-state index contributed by atoms with van der Waals surface area (Å²) < 4.78 is 70.7. The molecule has 2 aliphatic rings. The number of carbonyl (C=O) groups is 1. The van der Waals surface area contributed by atoms with Gasteiger partial charge in [0.1, 0.15) is 11.4 Å². The van der Waals surface area contributed by atoms with Gasteiger partial charge in [0.05, 0.1) is 12.1 Å². The number of halogens is 3.